The number of ether oxygens (including phenoxy) is 1. The van der Waals surface area contributed by atoms with Crippen molar-refractivity contribution >= 4 is 11.6 Å². The fourth-order valence-corrected chi connectivity index (χ4v) is 3.25. The molecule has 1 fully saturated rings. The molecule has 1 aromatic carbocycles. The van der Waals surface area contributed by atoms with E-state index in [2.05, 4.69) is 5.32 Å². The number of hydrogen-bond acceptors (Lipinski definition) is 3. The van der Waals surface area contributed by atoms with Crippen molar-refractivity contribution in [2.24, 2.45) is 11.7 Å². The van der Waals surface area contributed by atoms with Crippen molar-refractivity contribution in [1.82, 2.24) is 0 Å². The molecular weight excluding hydrogens is 252 g/mol. The van der Waals surface area contributed by atoms with Gasteiger partial charge in [-0.15, -0.1) is 0 Å². The van der Waals surface area contributed by atoms with E-state index >= 15 is 0 Å². The predicted octanol–water partition coefficient (Wildman–Crippen LogP) is 2.99. The molecule has 1 aliphatic carbocycles. The van der Waals surface area contributed by atoms with E-state index in [1.54, 1.807) is 0 Å². The van der Waals surface area contributed by atoms with Crippen LogP contribution in [0.15, 0.2) is 18.2 Å². The normalized spacial score (nSPS) is 20.8. The van der Waals surface area contributed by atoms with Gasteiger partial charge in [-0.05, 0) is 30.0 Å². The number of nitrogens with two attached hydrogens (primary N) is 1. The fourth-order valence-electron chi connectivity index (χ4n) is 3.25. The molecule has 1 amide bonds. The highest BCUT2D eigenvalue weighted by molar-refractivity contribution is 5.95. The third kappa shape index (κ3) is 2.96. The lowest BCUT2D eigenvalue weighted by molar-refractivity contribution is -0.118. The van der Waals surface area contributed by atoms with Crippen LogP contribution in [-0.4, -0.2) is 12.5 Å². The number of anilines is 1. The maximum atomic E-state index is 11.4. The lowest BCUT2D eigenvalue weighted by Gasteiger charge is -2.25. The Balaban J connectivity index is 1.69. The first-order valence-electron chi connectivity index (χ1n) is 7.54. The molecule has 0 saturated heterocycles. The van der Waals surface area contributed by atoms with Gasteiger partial charge in [0.25, 0.3) is 5.91 Å². The Hall–Kier alpha value is -1.55. The van der Waals surface area contributed by atoms with Gasteiger partial charge in [0.1, 0.15) is 5.75 Å². The van der Waals surface area contributed by atoms with Crippen molar-refractivity contribution in [2.75, 3.05) is 11.9 Å². The van der Waals surface area contributed by atoms with Gasteiger partial charge in [0.2, 0.25) is 0 Å². The van der Waals surface area contributed by atoms with Crippen LogP contribution in [-0.2, 0) is 4.79 Å². The smallest absolute Gasteiger partial charge is 0.262 e. The van der Waals surface area contributed by atoms with Crippen LogP contribution in [0.25, 0.3) is 0 Å². The van der Waals surface area contributed by atoms with Crippen molar-refractivity contribution in [3.05, 3.63) is 23.8 Å². The van der Waals surface area contributed by atoms with Crippen LogP contribution in [0.1, 0.15) is 50.1 Å². The minimum absolute atomic E-state index is 0.0437. The van der Waals surface area contributed by atoms with Gasteiger partial charge in [-0.3, -0.25) is 4.79 Å². The molecule has 2 aliphatic rings. The van der Waals surface area contributed by atoms with Crippen LogP contribution < -0.4 is 15.8 Å². The summed E-state index contributed by atoms with van der Waals surface area (Å²) in [6, 6.07) is 5.93. The van der Waals surface area contributed by atoms with E-state index < -0.39 is 0 Å². The second-order valence-electron chi connectivity index (χ2n) is 5.94. The standard InChI is InChI=1S/C16H22N2O2/c17-13(8-11-4-2-1-3-5-11)12-6-7-15-14(9-12)18-16(19)10-20-15/h6-7,9,11,13H,1-5,8,10,17H2,(H,18,19). The quantitative estimate of drug-likeness (QED) is 0.890. The molecular formula is C16H22N2O2. The van der Waals surface area contributed by atoms with Crippen molar-refractivity contribution in [2.45, 2.75) is 44.6 Å². The van der Waals surface area contributed by atoms with Gasteiger partial charge in [0, 0.05) is 6.04 Å². The number of hydrogen-bond donors (Lipinski definition) is 2. The average Bonchev–Trinajstić information content (AvgIpc) is 2.47. The number of carbonyl (C=O) groups is 1. The zero-order chi connectivity index (χ0) is 13.9. The van der Waals surface area contributed by atoms with Crippen LogP contribution >= 0.6 is 0 Å². The molecule has 0 bridgehead atoms. The predicted molar refractivity (Wildman–Crippen MR) is 78.7 cm³/mol. The summed E-state index contributed by atoms with van der Waals surface area (Å²) in [5.74, 6) is 1.38. The zero-order valence-corrected chi connectivity index (χ0v) is 11.7. The molecule has 1 aromatic rings. The summed E-state index contributed by atoms with van der Waals surface area (Å²) in [5, 5.41) is 2.84. The van der Waals surface area contributed by atoms with Gasteiger partial charge in [-0.25, -0.2) is 0 Å². The van der Waals surface area contributed by atoms with E-state index in [9.17, 15) is 4.79 Å². The molecule has 3 rings (SSSR count). The minimum atomic E-state index is -0.101. The summed E-state index contributed by atoms with van der Waals surface area (Å²) in [6.07, 6.45) is 7.69. The summed E-state index contributed by atoms with van der Waals surface area (Å²) < 4.78 is 5.37. The average molecular weight is 274 g/mol. The zero-order valence-electron chi connectivity index (χ0n) is 11.7. The highest BCUT2D eigenvalue weighted by atomic mass is 16.5. The SMILES string of the molecule is NC(CC1CCCCC1)c1ccc2c(c1)NC(=O)CO2. The minimum Gasteiger partial charge on any atom is -0.482 e. The second-order valence-corrected chi connectivity index (χ2v) is 5.94. The summed E-state index contributed by atoms with van der Waals surface area (Å²) in [4.78, 5) is 11.4. The van der Waals surface area contributed by atoms with Crippen LogP contribution in [0, 0.1) is 5.92 Å². The van der Waals surface area contributed by atoms with E-state index in [0.717, 1.165) is 29.3 Å². The summed E-state index contributed by atoms with van der Waals surface area (Å²) in [6.45, 7) is 0.0977. The Morgan fingerprint density at radius 1 is 1.30 bits per heavy atom. The van der Waals surface area contributed by atoms with Crippen molar-refractivity contribution in [1.29, 1.82) is 0 Å². The largest absolute Gasteiger partial charge is 0.482 e. The number of fused-ring (bicyclic) bond motifs is 1. The molecule has 20 heavy (non-hydrogen) atoms. The molecule has 1 unspecified atom stereocenters. The van der Waals surface area contributed by atoms with E-state index in [4.69, 9.17) is 10.5 Å². The second kappa shape index (κ2) is 5.83. The molecule has 4 heteroatoms. The molecule has 0 spiro atoms. The maximum absolute atomic E-state index is 11.4. The van der Waals surface area contributed by atoms with Crippen molar-refractivity contribution < 1.29 is 9.53 Å². The fraction of sp³-hybridized carbons (Fsp3) is 0.562. The molecule has 0 aromatic heterocycles. The first kappa shape index (κ1) is 13.4. The first-order valence-corrected chi connectivity index (χ1v) is 7.54. The Morgan fingerprint density at radius 2 is 2.10 bits per heavy atom. The number of carbonyl (C=O) groups excluding carboxylic acids is 1. The molecule has 0 radical (unpaired) electrons. The summed E-state index contributed by atoms with van der Waals surface area (Å²) >= 11 is 0. The topological polar surface area (TPSA) is 64.3 Å². The third-order valence-corrected chi connectivity index (χ3v) is 4.38. The Kier molecular flexibility index (Phi) is 3.92. The van der Waals surface area contributed by atoms with Crippen LogP contribution in [0.5, 0.6) is 5.75 Å². The van der Waals surface area contributed by atoms with Crippen molar-refractivity contribution in [3.63, 3.8) is 0 Å². The monoisotopic (exact) mass is 274 g/mol. The lowest BCUT2D eigenvalue weighted by atomic mass is 9.83. The lowest BCUT2D eigenvalue weighted by Crippen LogP contribution is -2.26. The molecule has 1 saturated carbocycles. The van der Waals surface area contributed by atoms with E-state index in [1.807, 2.05) is 18.2 Å². The van der Waals surface area contributed by atoms with E-state index in [-0.39, 0.29) is 18.6 Å². The van der Waals surface area contributed by atoms with Crippen LogP contribution in [0.2, 0.25) is 0 Å². The molecule has 4 nitrogen and oxygen atoms in total. The molecule has 1 heterocycles. The summed E-state index contributed by atoms with van der Waals surface area (Å²) in [7, 11) is 0. The van der Waals surface area contributed by atoms with Crippen LogP contribution in [0.3, 0.4) is 0 Å². The van der Waals surface area contributed by atoms with Gasteiger partial charge in [-0.2, -0.15) is 0 Å². The van der Waals surface area contributed by atoms with Crippen LogP contribution in [0.4, 0.5) is 5.69 Å². The Morgan fingerprint density at radius 3 is 2.90 bits per heavy atom. The third-order valence-electron chi connectivity index (χ3n) is 4.38. The van der Waals surface area contributed by atoms with Gasteiger partial charge < -0.3 is 15.8 Å². The highest BCUT2D eigenvalue weighted by Crippen LogP contribution is 2.34. The molecule has 108 valence electrons. The Bertz CT molecular complexity index is 495. The number of rotatable bonds is 3. The van der Waals surface area contributed by atoms with Gasteiger partial charge in [-0.1, -0.05) is 38.2 Å². The maximum Gasteiger partial charge on any atom is 0.262 e. The van der Waals surface area contributed by atoms with Gasteiger partial charge in [0.15, 0.2) is 6.61 Å². The highest BCUT2D eigenvalue weighted by Gasteiger charge is 2.20. The Labute approximate surface area is 119 Å². The van der Waals surface area contributed by atoms with E-state index in [1.165, 1.54) is 32.1 Å². The van der Waals surface area contributed by atoms with E-state index in [0.29, 0.717) is 0 Å². The molecule has 1 aliphatic heterocycles. The van der Waals surface area contributed by atoms with Gasteiger partial charge >= 0.3 is 0 Å². The summed E-state index contributed by atoms with van der Waals surface area (Å²) in [5.41, 5.74) is 8.17. The first-order chi connectivity index (χ1) is 9.72. The molecule has 1 atom stereocenters. The molecule has 3 N–H and O–H groups in total. The number of amides is 1. The number of nitrogens with one attached hydrogen (secondary N) is 1. The van der Waals surface area contributed by atoms with Crippen molar-refractivity contribution in [3.8, 4) is 5.75 Å². The van der Waals surface area contributed by atoms with Gasteiger partial charge in [0.05, 0.1) is 5.69 Å². The number of benzene rings is 1.